The van der Waals surface area contributed by atoms with Crippen molar-refractivity contribution in [3.05, 3.63) is 29.3 Å². The summed E-state index contributed by atoms with van der Waals surface area (Å²) < 4.78 is 23.5. The highest BCUT2D eigenvalue weighted by Crippen LogP contribution is 2.40. The molecule has 2 N–H and O–H groups in total. The molecule has 1 aliphatic rings. The zero-order valence-electron chi connectivity index (χ0n) is 16.6. The quantitative estimate of drug-likeness (QED) is 0.562. The standard InChI is InChI=1S/C20H33N3O2S/c1-5-20(11-7-8-12-20)15-23-19(21-6-2)22-14-17-9-10-18(16(3)13-17)26(4,24)25/h9-10,13H,5-8,11-12,14-15H2,1-4H3,(H2,21,22,23). The Labute approximate surface area is 158 Å². The van der Waals surface area contributed by atoms with E-state index in [0.717, 1.165) is 30.2 Å². The van der Waals surface area contributed by atoms with Crippen molar-refractivity contribution >= 4 is 15.8 Å². The SMILES string of the molecule is CCNC(=NCc1ccc(S(C)(=O)=O)c(C)c1)NCC1(CC)CCCC1. The normalized spacial score (nSPS) is 17.3. The van der Waals surface area contributed by atoms with Crippen LogP contribution in [0.1, 0.15) is 57.1 Å². The van der Waals surface area contributed by atoms with Crippen molar-refractivity contribution in [1.82, 2.24) is 10.6 Å². The average Bonchev–Trinajstić information content (AvgIpc) is 3.06. The lowest BCUT2D eigenvalue weighted by Crippen LogP contribution is -2.42. The number of benzene rings is 1. The van der Waals surface area contributed by atoms with Crippen molar-refractivity contribution in [2.75, 3.05) is 19.3 Å². The largest absolute Gasteiger partial charge is 0.357 e. The number of guanidine groups is 1. The molecule has 1 aliphatic carbocycles. The van der Waals surface area contributed by atoms with E-state index in [-0.39, 0.29) is 0 Å². The van der Waals surface area contributed by atoms with Gasteiger partial charge >= 0.3 is 0 Å². The molecule has 0 bridgehead atoms. The van der Waals surface area contributed by atoms with Crippen molar-refractivity contribution < 1.29 is 8.42 Å². The lowest BCUT2D eigenvalue weighted by molar-refractivity contribution is 0.283. The summed E-state index contributed by atoms with van der Waals surface area (Å²) >= 11 is 0. The van der Waals surface area contributed by atoms with Gasteiger partial charge in [-0.15, -0.1) is 0 Å². The van der Waals surface area contributed by atoms with Gasteiger partial charge in [0.2, 0.25) is 0 Å². The van der Waals surface area contributed by atoms with E-state index in [1.807, 2.05) is 19.1 Å². The summed E-state index contributed by atoms with van der Waals surface area (Å²) in [7, 11) is -3.18. The van der Waals surface area contributed by atoms with Crippen molar-refractivity contribution in [2.45, 2.75) is 64.3 Å². The molecule has 0 unspecified atom stereocenters. The highest BCUT2D eigenvalue weighted by atomic mass is 32.2. The molecule has 6 heteroatoms. The minimum atomic E-state index is -3.18. The molecule has 0 radical (unpaired) electrons. The molecule has 5 nitrogen and oxygen atoms in total. The maximum Gasteiger partial charge on any atom is 0.191 e. The molecule has 0 saturated heterocycles. The first-order valence-corrected chi connectivity index (χ1v) is 11.5. The Hall–Kier alpha value is -1.56. The van der Waals surface area contributed by atoms with Crippen LogP contribution >= 0.6 is 0 Å². The number of nitrogens with zero attached hydrogens (tertiary/aromatic N) is 1. The number of aliphatic imine (C=N–C) groups is 1. The fourth-order valence-corrected chi connectivity index (χ4v) is 4.75. The van der Waals surface area contributed by atoms with Gasteiger partial charge in [0.05, 0.1) is 11.4 Å². The minimum Gasteiger partial charge on any atom is -0.357 e. The van der Waals surface area contributed by atoms with Crippen LogP contribution < -0.4 is 10.6 Å². The predicted octanol–water partition coefficient (Wildman–Crippen LogP) is 3.42. The molecule has 0 heterocycles. The Kier molecular flexibility index (Phi) is 7.09. The van der Waals surface area contributed by atoms with Gasteiger partial charge < -0.3 is 10.6 Å². The van der Waals surface area contributed by atoms with Gasteiger partial charge in [-0.3, -0.25) is 0 Å². The molecule has 1 aromatic rings. The molecule has 1 aromatic carbocycles. The Balaban J connectivity index is 2.05. The van der Waals surface area contributed by atoms with Crippen LogP contribution in [0.4, 0.5) is 0 Å². The fraction of sp³-hybridized carbons (Fsp3) is 0.650. The Morgan fingerprint density at radius 2 is 1.88 bits per heavy atom. The summed E-state index contributed by atoms with van der Waals surface area (Å²) in [6.07, 6.45) is 7.69. The van der Waals surface area contributed by atoms with Gasteiger partial charge in [0, 0.05) is 19.3 Å². The maximum absolute atomic E-state index is 11.7. The third-order valence-electron chi connectivity index (χ3n) is 5.45. The van der Waals surface area contributed by atoms with Gasteiger partial charge in [-0.05, 0) is 55.7 Å². The Morgan fingerprint density at radius 3 is 2.42 bits per heavy atom. The lowest BCUT2D eigenvalue weighted by Gasteiger charge is -2.28. The first-order valence-electron chi connectivity index (χ1n) is 9.61. The van der Waals surface area contributed by atoms with Crippen LogP contribution in [0.2, 0.25) is 0 Å². The van der Waals surface area contributed by atoms with E-state index in [0.29, 0.717) is 16.9 Å². The molecule has 0 aromatic heterocycles. The summed E-state index contributed by atoms with van der Waals surface area (Å²) in [6, 6.07) is 5.44. The van der Waals surface area contributed by atoms with Gasteiger partial charge in [-0.1, -0.05) is 31.9 Å². The Morgan fingerprint density at radius 1 is 1.19 bits per heavy atom. The fourth-order valence-electron chi connectivity index (χ4n) is 3.79. The number of hydrogen-bond acceptors (Lipinski definition) is 3. The van der Waals surface area contributed by atoms with Crippen molar-refractivity contribution in [1.29, 1.82) is 0 Å². The summed E-state index contributed by atoms with van der Waals surface area (Å²) in [6.45, 7) is 8.48. The number of aryl methyl sites for hydroxylation is 1. The van der Waals surface area contributed by atoms with Crippen molar-refractivity contribution in [2.24, 2.45) is 10.4 Å². The number of nitrogens with one attached hydrogen (secondary N) is 2. The first-order chi connectivity index (χ1) is 12.3. The van der Waals surface area contributed by atoms with Crippen molar-refractivity contribution in [3.63, 3.8) is 0 Å². The van der Waals surface area contributed by atoms with Crippen LogP contribution in [0.25, 0.3) is 0 Å². The van der Waals surface area contributed by atoms with Crippen LogP contribution in [-0.4, -0.2) is 33.7 Å². The predicted molar refractivity (Wildman–Crippen MR) is 108 cm³/mol. The maximum atomic E-state index is 11.7. The van der Waals surface area contributed by atoms with Gasteiger partial charge in [-0.25, -0.2) is 13.4 Å². The van der Waals surface area contributed by atoms with E-state index in [4.69, 9.17) is 0 Å². The van der Waals surface area contributed by atoms with E-state index in [9.17, 15) is 8.42 Å². The molecule has 146 valence electrons. The number of hydrogen-bond donors (Lipinski definition) is 2. The summed E-state index contributed by atoms with van der Waals surface area (Å²) in [5.41, 5.74) is 2.19. The summed E-state index contributed by atoms with van der Waals surface area (Å²) in [5.74, 6) is 0.831. The second-order valence-electron chi connectivity index (χ2n) is 7.48. The highest BCUT2D eigenvalue weighted by Gasteiger charge is 2.31. The van der Waals surface area contributed by atoms with Crippen LogP contribution in [0.15, 0.2) is 28.1 Å². The van der Waals surface area contributed by atoms with Gasteiger partial charge in [0.25, 0.3) is 0 Å². The molecule has 2 rings (SSSR count). The highest BCUT2D eigenvalue weighted by molar-refractivity contribution is 7.90. The van der Waals surface area contributed by atoms with E-state index in [2.05, 4.69) is 29.5 Å². The van der Waals surface area contributed by atoms with Crippen LogP contribution in [0.3, 0.4) is 0 Å². The van der Waals surface area contributed by atoms with Crippen LogP contribution in [-0.2, 0) is 16.4 Å². The third kappa shape index (κ3) is 5.47. The first kappa shape index (κ1) is 20.7. The van der Waals surface area contributed by atoms with E-state index >= 15 is 0 Å². The molecule has 1 fully saturated rings. The molecule has 0 atom stereocenters. The molecule has 1 saturated carbocycles. The molecule has 26 heavy (non-hydrogen) atoms. The topological polar surface area (TPSA) is 70.6 Å². The smallest absolute Gasteiger partial charge is 0.191 e. The molecule has 0 amide bonds. The number of sulfone groups is 1. The van der Waals surface area contributed by atoms with E-state index < -0.39 is 9.84 Å². The third-order valence-corrected chi connectivity index (χ3v) is 6.70. The lowest BCUT2D eigenvalue weighted by atomic mass is 9.83. The van der Waals surface area contributed by atoms with E-state index in [1.165, 1.54) is 38.4 Å². The molecular weight excluding hydrogens is 346 g/mol. The number of rotatable bonds is 7. The zero-order valence-corrected chi connectivity index (χ0v) is 17.4. The molecule has 0 spiro atoms. The zero-order chi connectivity index (χ0) is 19.2. The molecular formula is C20H33N3O2S. The van der Waals surface area contributed by atoms with Gasteiger partial charge in [0.1, 0.15) is 0 Å². The van der Waals surface area contributed by atoms with Crippen LogP contribution in [0.5, 0.6) is 0 Å². The Bertz CT molecular complexity index is 735. The van der Waals surface area contributed by atoms with Crippen LogP contribution in [0, 0.1) is 12.3 Å². The summed E-state index contributed by atoms with van der Waals surface area (Å²) in [5, 5.41) is 6.83. The van der Waals surface area contributed by atoms with Gasteiger partial charge in [0.15, 0.2) is 15.8 Å². The second-order valence-corrected chi connectivity index (χ2v) is 9.47. The minimum absolute atomic E-state index is 0.390. The molecule has 0 aliphatic heterocycles. The van der Waals surface area contributed by atoms with Gasteiger partial charge in [-0.2, -0.15) is 0 Å². The van der Waals surface area contributed by atoms with E-state index in [1.54, 1.807) is 6.07 Å². The average molecular weight is 380 g/mol. The second kappa shape index (κ2) is 8.89. The monoisotopic (exact) mass is 379 g/mol. The van der Waals surface area contributed by atoms with Crippen molar-refractivity contribution in [3.8, 4) is 0 Å². The summed E-state index contributed by atoms with van der Waals surface area (Å²) in [4.78, 5) is 5.08.